The van der Waals surface area contributed by atoms with E-state index in [1.165, 1.54) is 24.3 Å². The third-order valence-corrected chi connectivity index (χ3v) is 4.34. The topological polar surface area (TPSA) is 70.7 Å². The number of aromatic amines is 1. The van der Waals surface area contributed by atoms with Gasteiger partial charge in [-0.1, -0.05) is 20.8 Å². The Bertz CT molecular complexity index is 432. The van der Waals surface area contributed by atoms with Gasteiger partial charge < -0.3 is 5.32 Å². The van der Waals surface area contributed by atoms with Crippen LogP contribution in [-0.4, -0.2) is 39.1 Å². The van der Waals surface area contributed by atoms with Gasteiger partial charge in [0.25, 0.3) is 5.91 Å². The van der Waals surface area contributed by atoms with Crippen LogP contribution in [0.2, 0.25) is 0 Å². The lowest BCUT2D eigenvalue weighted by Gasteiger charge is -2.21. The first kappa shape index (κ1) is 14.4. The van der Waals surface area contributed by atoms with E-state index in [0.29, 0.717) is 5.92 Å². The summed E-state index contributed by atoms with van der Waals surface area (Å²) in [5.74, 6) is 3.82. The van der Waals surface area contributed by atoms with E-state index in [2.05, 4.69) is 20.5 Å². The molecule has 1 aromatic rings. The van der Waals surface area contributed by atoms with Crippen molar-refractivity contribution in [1.82, 2.24) is 20.5 Å². The Kier molecular flexibility index (Phi) is 4.50. The van der Waals surface area contributed by atoms with Crippen molar-refractivity contribution in [3.8, 4) is 0 Å². The van der Waals surface area contributed by atoms with Gasteiger partial charge in [-0.3, -0.25) is 9.89 Å². The zero-order chi connectivity index (χ0) is 13.9. The predicted octanol–water partition coefficient (Wildman–Crippen LogP) is 1.98. The van der Waals surface area contributed by atoms with Crippen molar-refractivity contribution in [2.45, 2.75) is 39.0 Å². The molecule has 2 rings (SSSR count). The van der Waals surface area contributed by atoms with Crippen LogP contribution in [0, 0.1) is 5.92 Å². The second kappa shape index (κ2) is 5.94. The molecule has 0 atom stereocenters. The van der Waals surface area contributed by atoms with Crippen LogP contribution in [0.15, 0.2) is 0 Å². The second-order valence-electron chi connectivity index (χ2n) is 6.02. The molecule has 5 nitrogen and oxygen atoms in total. The molecular weight excluding hydrogens is 260 g/mol. The monoisotopic (exact) mass is 282 g/mol. The SMILES string of the molecule is CC(C)(C)c1nc(C(=O)NCC2CCSCC2)n[nH]1. The molecule has 2 heterocycles. The predicted molar refractivity (Wildman–Crippen MR) is 77.5 cm³/mol. The fourth-order valence-corrected chi connectivity index (χ4v) is 3.17. The molecule has 1 aliphatic heterocycles. The fourth-order valence-electron chi connectivity index (χ4n) is 1.97. The highest BCUT2D eigenvalue weighted by atomic mass is 32.2. The largest absolute Gasteiger partial charge is 0.349 e. The van der Waals surface area contributed by atoms with Gasteiger partial charge in [0.05, 0.1) is 0 Å². The number of carbonyl (C=O) groups is 1. The first-order valence-electron chi connectivity index (χ1n) is 6.75. The third kappa shape index (κ3) is 3.96. The molecule has 6 heteroatoms. The molecule has 0 saturated carbocycles. The Hall–Kier alpha value is -1.04. The molecule has 1 aliphatic rings. The number of rotatable bonds is 3. The molecule has 1 amide bonds. The van der Waals surface area contributed by atoms with Crippen molar-refractivity contribution < 1.29 is 4.79 Å². The molecule has 0 aromatic carbocycles. The number of nitrogens with one attached hydrogen (secondary N) is 2. The maximum atomic E-state index is 12.0. The van der Waals surface area contributed by atoms with Crippen molar-refractivity contribution in [2.75, 3.05) is 18.1 Å². The van der Waals surface area contributed by atoms with Gasteiger partial charge in [0.15, 0.2) is 0 Å². The lowest BCUT2D eigenvalue weighted by atomic mass is 9.96. The number of amides is 1. The van der Waals surface area contributed by atoms with Crippen LogP contribution < -0.4 is 5.32 Å². The van der Waals surface area contributed by atoms with Gasteiger partial charge >= 0.3 is 0 Å². The zero-order valence-corrected chi connectivity index (χ0v) is 12.6. The van der Waals surface area contributed by atoms with E-state index >= 15 is 0 Å². The molecule has 2 N–H and O–H groups in total. The summed E-state index contributed by atoms with van der Waals surface area (Å²) in [6.07, 6.45) is 2.37. The van der Waals surface area contributed by atoms with E-state index in [4.69, 9.17) is 0 Å². The average Bonchev–Trinajstić information content (AvgIpc) is 2.87. The van der Waals surface area contributed by atoms with Gasteiger partial charge in [-0.2, -0.15) is 11.8 Å². The van der Waals surface area contributed by atoms with Gasteiger partial charge in [0.1, 0.15) is 5.82 Å². The molecule has 0 bridgehead atoms. The van der Waals surface area contributed by atoms with Crippen molar-refractivity contribution in [1.29, 1.82) is 0 Å². The number of nitrogens with zero attached hydrogens (tertiary/aromatic N) is 2. The third-order valence-electron chi connectivity index (χ3n) is 3.29. The molecule has 1 aromatic heterocycles. The molecule has 106 valence electrons. The summed E-state index contributed by atoms with van der Waals surface area (Å²) >= 11 is 1.99. The van der Waals surface area contributed by atoms with E-state index < -0.39 is 0 Å². The van der Waals surface area contributed by atoms with Crippen LogP contribution in [0.3, 0.4) is 0 Å². The van der Waals surface area contributed by atoms with Gasteiger partial charge in [-0.05, 0) is 30.3 Å². The average molecular weight is 282 g/mol. The Balaban J connectivity index is 1.87. The standard InChI is InChI=1S/C13H22N4OS/c1-13(2,3)12-15-10(16-17-12)11(18)14-8-9-4-6-19-7-5-9/h9H,4-8H2,1-3H3,(H,14,18)(H,15,16,17). The number of carbonyl (C=O) groups excluding carboxylic acids is 1. The summed E-state index contributed by atoms with van der Waals surface area (Å²) < 4.78 is 0. The maximum Gasteiger partial charge on any atom is 0.290 e. The van der Waals surface area contributed by atoms with Crippen LogP contribution in [0.1, 0.15) is 50.1 Å². The Labute approximate surface area is 118 Å². The molecule has 1 saturated heterocycles. The summed E-state index contributed by atoms with van der Waals surface area (Å²) in [6, 6.07) is 0. The summed E-state index contributed by atoms with van der Waals surface area (Å²) in [6.45, 7) is 6.84. The summed E-state index contributed by atoms with van der Waals surface area (Å²) in [4.78, 5) is 16.2. The van der Waals surface area contributed by atoms with Crippen molar-refractivity contribution >= 4 is 17.7 Å². The minimum atomic E-state index is -0.176. The normalized spacial score (nSPS) is 17.4. The summed E-state index contributed by atoms with van der Waals surface area (Å²) in [5, 5.41) is 9.77. The quantitative estimate of drug-likeness (QED) is 0.889. The van der Waals surface area contributed by atoms with Crippen LogP contribution >= 0.6 is 11.8 Å². The van der Waals surface area contributed by atoms with Gasteiger partial charge in [-0.15, -0.1) is 5.10 Å². The van der Waals surface area contributed by atoms with Crippen LogP contribution in [0.5, 0.6) is 0 Å². The summed E-state index contributed by atoms with van der Waals surface area (Å²) in [7, 11) is 0. The van der Waals surface area contributed by atoms with Crippen LogP contribution in [0.25, 0.3) is 0 Å². The Morgan fingerprint density at radius 1 is 1.42 bits per heavy atom. The zero-order valence-electron chi connectivity index (χ0n) is 11.8. The van der Waals surface area contributed by atoms with E-state index in [1.54, 1.807) is 0 Å². The van der Waals surface area contributed by atoms with E-state index in [1.807, 2.05) is 32.5 Å². The first-order valence-corrected chi connectivity index (χ1v) is 7.91. The number of H-pyrrole nitrogens is 1. The number of hydrogen-bond donors (Lipinski definition) is 2. The fraction of sp³-hybridized carbons (Fsp3) is 0.769. The maximum absolute atomic E-state index is 12.0. The van der Waals surface area contributed by atoms with Gasteiger partial charge in [0, 0.05) is 12.0 Å². The Morgan fingerprint density at radius 3 is 2.68 bits per heavy atom. The molecule has 0 radical (unpaired) electrons. The number of thioether (sulfide) groups is 1. The summed E-state index contributed by atoms with van der Waals surface area (Å²) in [5.41, 5.74) is -0.119. The van der Waals surface area contributed by atoms with Crippen molar-refractivity contribution in [3.05, 3.63) is 11.6 Å². The number of aromatic nitrogens is 3. The molecule has 19 heavy (non-hydrogen) atoms. The van der Waals surface area contributed by atoms with E-state index in [9.17, 15) is 4.79 Å². The molecule has 1 fully saturated rings. The highest BCUT2D eigenvalue weighted by molar-refractivity contribution is 7.99. The van der Waals surface area contributed by atoms with Gasteiger partial charge in [0.2, 0.25) is 5.82 Å². The van der Waals surface area contributed by atoms with E-state index in [0.717, 1.165) is 12.4 Å². The van der Waals surface area contributed by atoms with Crippen LogP contribution in [-0.2, 0) is 5.41 Å². The van der Waals surface area contributed by atoms with Crippen molar-refractivity contribution in [3.63, 3.8) is 0 Å². The highest BCUT2D eigenvalue weighted by Gasteiger charge is 2.22. The number of hydrogen-bond acceptors (Lipinski definition) is 4. The minimum Gasteiger partial charge on any atom is -0.349 e. The van der Waals surface area contributed by atoms with Gasteiger partial charge in [-0.25, -0.2) is 4.98 Å². The lowest BCUT2D eigenvalue weighted by Crippen LogP contribution is -2.31. The van der Waals surface area contributed by atoms with Crippen LogP contribution in [0.4, 0.5) is 0 Å². The Morgan fingerprint density at radius 2 is 2.11 bits per heavy atom. The molecule has 0 unspecified atom stereocenters. The second-order valence-corrected chi connectivity index (χ2v) is 7.25. The highest BCUT2D eigenvalue weighted by Crippen LogP contribution is 2.22. The molecule has 0 aliphatic carbocycles. The lowest BCUT2D eigenvalue weighted by molar-refractivity contribution is 0.0936. The molecular formula is C13H22N4OS. The van der Waals surface area contributed by atoms with E-state index in [-0.39, 0.29) is 17.1 Å². The molecule has 0 spiro atoms. The smallest absolute Gasteiger partial charge is 0.290 e. The van der Waals surface area contributed by atoms with Crippen molar-refractivity contribution in [2.24, 2.45) is 5.92 Å². The first-order chi connectivity index (χ1) is 8.97. The minimum absolute atomic E-state index is 0.119.